The summed E-state index contributed by atoms with van der Waals surface area (Å²) in [6.45, 7) is 4.43. The molecule has 26 heavy (non-hydrogen) atoms. The maximum atomic E-state index is 10.5. The van der Waals surface area contributed by atoms with E-state index in [0.29, 0.717) is 6.61 Å². The van der Waals surface area contributed by atoms with Crippen LogP contribution in [0.15, 0.2) is 12.2 Å². The van der Waals surface area contributed by atoms with Crippen LogP contribution in [-0.4, -0.2) is 30.6 Å². The molecule has 0 saturated heterocycles. The van der Waals surface area contributed by atoms with E-state index in [0.717, 1.165) is 19.3 Å². The maximum absolute atomic E-state index is 10.5. The van der Waals surface area contributed by atoms with E-state index < -0.39 is 5.97 Å². The van der Waals surface area contributed by atoms with E-state index in [-0.39, 0.29) is 12.9 Å². The fraction of sp³-hybridized carbons (Fsp3) is 0.864. The van der Waals surface area contributed by atoms with E-state index in [9.17, 15) is 4.79 Å². The van der Waals surface area contributed by atoms with Crippen molar-refractivity contribution in [2.45, 2.75) is 110 Å². The third-order valence-corrected chi connectivity index (χ3v) is 4.45. The minimum Gasteiger partial charge on any atom is -0.480 e. The standard InChI is InChI=1S/C22H42O4/c1-3-5-6-7-8-9-10-11-12-13-14-15-16-17-18-19-22(25-4-2)26-20-21(23)24/h11-12,22H,3-10,13-20H2,1-2H3,(H,23,24)/b12-11-. The van der Waals surface area contributed by atoms with Crippen molar-refractivity contribution in [3.05, 3.63) is 12.2 Å². The van der Waals surface area contributed by atoms with E-state index in [1.807, 2.05) is 6.92 Å². The summed E-state index contributed by atoms with van der Waals surface area (Å²) in [5.41, 5.74) is 0. The lowest BCUT2D eigenvalue weighted by molar-refractivity contribution is -0.168. The SMILES string of the molecule is CCCCCCCC/C=C\CCCCCCCC(OCC)OCC(=O)O. The van der Waals surface area contributed by atoms with Gasteiger partial charge in [-0.2, -0.15) is 0 Å². The summed E-state index contributed by atoms with van der Waals surface area (Å²) in [6, 6.07) is 0. The average Bonchev–Trinajstić information content (AvgIpc) is 2.62. The van der Waals surface area contributed by atoms with Gasteiger partial charge in [0.2, 0.25) is 0 Å². The Morgan fingerprint density at radius 2 is 1.35 bits per heavy atom. The van der Waals surface area contributed by atoms with Crippen molar-refractivity contribution in [3.63, 3.8) is 0 Å². The van der Waals surface area contributed by atoms with Crippen molar-refractivity contribution in [1.82, 2.24) is 0 Å². The molecule has 1 atom stereocenters. The summed E-state index contributed by atoms with van der Waals surface area (Å²) in [5.74, 6) is -0.945. The average molecular weight is 371 g/mol. The first-order chi connectivity index (χ1) is 12.7. The number of unbranched alkanes of at least 4 members (excludes halogenated alkanes) is 11. The molecule has 0 aliphatic carbocycles. The first-order valence-corrected chi connectivity index (χ1v) is 10.8. The monoisotopic (exact) mass is 370 g/mol. The van der Waals surface area contributed by atoms with E-state index in [1.165, 1.54) is 70.6 Å². The Bertz CT molecular complexity index is 328. The van der Waals surface area contributed by atoms with Gasteiger partial charge in [-0.25, -0.2) is 4.79 Å². The fourth-order valence-electron chi connectivity index (χ4n) is 2.95. The molecule has 0 saturated carbocycles. The zero-order valence-corrected chi connectivity index (χ0v) is 17.2. The number of carbonyl (C=O) groups is 1. The predicted molar refractivity (Wildman–Crippen MR) is 108 cm³/mol. The van der Waals surface area contributed by atoms with Gasteiger partial charge < -0.3 is 14.6 Å². The van der Waals surface area contributed by atoms with Gasteiger partial charge in [-0.15, -0.1) is 0 Å². The van der Waals surface area contributed by atoms with Crippen molar-refractivity contribution in [3.8, 4) is 0 Å². The first-order valence-electron chi connectivity index (χ1n) is 10.8. The highest BCUT2D eigenvalue weighted by molar-refractivity contribution is 5.67. The topological polar surface area (TPSA) is 55.8 Å². The molecule has 154 valence electrons. The number of carboxylic acids is 1. The van der Waals surface area contributed by atoms with Crippen LogP contribution in [0.4, 0.5) is 0 Å². The van der Waals surface area contributed by atoms with Gasteiger partial charge in [0.05, 0.1) is 0 Å². The van der Waals surface area contributed by atoms with Crippen LogP contribution in [0.25, 0.3) is 0 Å². The molecule has 0 aliphatic rings. The fourth-order valence-corrected chi connectivity index (χ4v) is 2.95. The van der Waals surface area contributed by atoms with Crippen LogP contribution in [0.5, 0.6) is 0 Å². The number of hydrogen-bond donors (Lipinski definition) is 1. The molecular weight excluding hydrogens is 328 g/mol. The Labute approximate surface area is 161 Å². The second kappa shape index (κ2) is 20.4. The summed E-state index contributed by atoms with van der Waals surface area (Å²) in [6.07, 6.45) is 21.7. The lowest BCUT2D eigenvalue weighted by atomic mass is 10.1. The quantitative estimate of drug-likeness (QED) is 0.151. The molecule has 0 spiro atoms. The van der Waals surface area contributed by atoms with E-state index >= 15 is 0 Å². The maximum Gasteiger partial charge on any atom is 0.329 e. The van der Waals surface area contributed by atoms with Crippen LogP contribution < -0.4 is 0 Å². The van der Waals surface area contributed by atoms with Gasteiger partial charge in [-0.3, -0.25) is 0 Å². The number of hydrogen-bond acceptors (Lipinski definition) is 3. The van der Waals surface area contributed by atoms with Crippen molar-refractivity contribution in [2.75, 3.05) is 13.2 Å². The molecule has 0 amide bonds. The van der Waals surface area contributed by atoms with Crippen LogP contribution in [0, 0.1) is 0 Å². The second-order valence-corrected chi connectivity index (χ2v) is 6.96. The van der Waals surface area contributed by atoms with Crippen molar-refractivity contribution in [1.29, 1.82) is 0 Å². The Balaban J connectivity index is 3.38. The zero-order valence-electron chi connectivity index (χ0n) is 17.2. The predicted octanol–water partition coefficient (Wildman–Crippen LogP) is 6.49. The molecular formula is C22H42O4. The minimum atomic E-state index is -0.945. The highest BCUT2D eigenvalue weighted by Crippen LogP contribution is 2.12. The third kappa shape index (κ3) is 19.5. The minimum absolute atomic E-state index is 0.282. The summed E-state index contributed by atoms with van der Waals surface area (Å²) >= 11 is 0. The number of aliphatic carboxylic acids is 1. The lowest BCUT2D eigenvalue weighted by Crippen LogP contribution is -2.21. The Kier molecular flexibility index (Phi) is 19.8. The summed E-state index contributed by atoms with van der Waals surface area (Å²) in [5, 5.41) is 8.65. The van der Waals surface area contributed by atoms with Gasteiger partial charge in [0.25, 0.3) is 0 Å². The number of rotatable bonds is 20. The van der Waals surface area contributed by atoms with Crippen molar-refractivity contribution >= 4 is 5.97 Å². The Morgan fingerprint density at radius 3 is 1.88 bits per heavy atom. The number of carboxylic acid groups (broad SMARTS) is 1. The number of ether oxygens (including phenoxy) is 2. The normalized spacial score (nSPS) is 12.7. The summed E-state index contributed by atoms with van der Waals surface area (Å²) in [7, 11) is 0. The van der Waals surface area contributed by atoms with Crippen LogP contribution in [0.1, 0.15) is 104 Å². The van der Waals surface area contributed by atoms with Crippen LogP contribution in [0.2, 0.25) is 0 Å². The van der Waals surface area contributed by atoms with Gasteiger partial charge >= 0.3 is 5.97 Å². The highest BCUT2D eigenvalue weighted by atomic mass is 16.7. The van der Waals surface area contributed by atoms with Crippen LogP contribution in [-0.2, 0) is 14.3 Å². The van der Waals surface area contributed by atoms with Gasteiger partial charge in [0.1, 0.15) is 6.61 Å². The van der Waals surface area contributed by atoms with Gasteiger partial charge in [0, 0.05) is 6.61 Å². The third-order valence-electron chi connectivity index (χ3n) is 4.45. The van der Waals surface area contributed by atoms with E-state index in [4.69, 9.17) is 14.6 Å². The van der Waals surface area contributed by atoms with Gasteiger partial charge in [-0.05, 0) is 45.4 Å². The molecule has 1 N–H and O–H groups in total. The molecule has 1 unspecified atom stereocenters. The molecule has 0 radical (unpaired) electrons. The zero-order chi connectivity index (χ0) is 19.3. The molecule has 0 aromatic heterocycles. The Hall–Kier alpha value is -0.870. The van der Waals surface area contributed by atoms with Crippen LogP contribution in [0.3, 0.4) is 0 Å². The van der Waals surface area contributed by atoms with Crippen molar-refractivity contribution in [2.24, 2.45) is 0 Å². The molecule has 0 fully saturated rings. The van der Waals surface area contributed by atoms with Gasteiger partial charge in [0.15, 0.2) is 6.29 Å². The largest absolute Gasteiger partial charge is 0.480 e. The molecule has 0 bridgehead atoms. The van der Waals surface area contributed by atoms with Crippen LogP contribution >= 0.6 is 0 Å². The first kappa shape index (κ1) is 25.1. The van der Waals surface area contributed by atoms with E-state index in [1.54, 1.807) is 0 Å². The highest BCUT2D eigenvalue weighted by Gasteiger charge is 2.10. The van der Waals surface area contributed by atoms with Gasteiger partial charge in [-0.1, -0.05) is 70.4 Å². The van der Waals surface area contributed by atoms with Crippen molar-refractivity contribution < 1.29 is 19.4 Å². The Morgan fingerprint density at radius 1 is 0.808 bits per heavy atom. The molecule has 0 aromatic carbocycles. The van der Waals surface area contributed by atoms with E-state index in [2.05, 4.69) is 19.1 Å². The molecule has 4 nitrogen and oxygen atoms in total. The molecule has 0 rings (SSSR count). The lowest BCUT2D eigenvalue weighted by Gasteiger charge is -2.16. The summed E-state index contributed by atoms with van der Waals surface area (Å²) < 4.78 is 10.6. The summed E-state index contributed by atoms with van der Waals surface area (Å²) in [4.78, 5) is 10.5. The molecule has 0 heterocycles. The molecule has 4 heteroatoms. The smallest absolute Gasteiger partial charge is 0.329 e. The molecule has 0 aromatic rings. The number of allylic oxidation sites excluding steroid dienone is 2. The molecule has 0 aliphatic heterocycles. The second-order valence-electron chi connectivity index (χ2n) is 6.96.